The van der Waals surface area contributed by atoms with Gasteiger partial charge in [-0.2, -0.15) is 0 Å². The van der Waals surface area contributed by atoms with Crippen molar-refractivity contribution in [2.45, 2.75) is 20.8 Å². The first-order valence-electron chi connectivity index (χ1n) is 3.99. The maximum absolute atomic E-state index is 3.67. The molecule has 0 saturated heterocycles. The van der Waals surface area contributed by atoms with E-state index in [1.165, 1.54) is 0 Å². The van der Waals surface area contributed by atoms with Gasteiger partial charge in [0.15, 0.2) is 0 Å². The maximum Gasteiger partial charge on any atom is 0.0139 e. The maximum atomic E-state index is 3.67. The molecule has 0 heterocycles. The van der Waals surface area contributed by atoms with Crippen LogP contribution in [-0.2, 0) is 0 Å². The molecule has 0 N–H and O–H groups in total. The number of allylic oxidation sites excluding steroid dienone is 3. The predicted octanol–water partition coefficient (Wildman–Crippen LogP) is 4.54. The van der Waals surface area contributed by atoms with E-state index in [9.17, 15) is 0 Å². The average molecular weight is 182 g/mol. The standard InChI is InChI=1S/C9H12S.C2H6/c1-5-8(4)9(6-2)10-7-3;1-2/h5-7H,1-3H2,4H3;1-2H3/b9-8+;. The first kappa shape index (κ1) is 13.9. The van der Waals surface area contributed by atoms with Crippen LogP contribution in [0.15, 0.2) is 47.8 Å². The van der Waals surface area contributed by atoms with Crippen LogP contribution >= 0.6 is 11.8 Å². The van der Waals surface area contributed by atoms with Crippen molar-refractivity contribution in [2.24, 2.45) is 0 Å². The molecule has 0 atom stereocenters. The van der Waals surface area contributed by atoms with Gasteiger partial charge in [-0.25, -0.2) is 0 Å². The second kappa shape index (κ2) is 10.3. The summed E-state index contributed by atoms with van der Waals surface area (Å²) in [4.78, 5) is 1.12. The Labute approximate surface area is 80.8 Å². The van der Waals surface area contributed by atoms with Crippen molar-refractivity contribution in [3.8, 4) is 0 Å². The number of hydrogen-bond donors (Lipinski definition) is 0. The molecule has 0 aromatic rings. The van der Waals surface area contributed by atoms with Gasteiger partial charge < -0.3 is 0 Å². The van der Waals surface area contributed by atoms with Crippen LogP contribution < -0.4 is 0 Å². The highest BCUT2D eigenvalue weighted by molar-refractivity contribution is 8.06. The van der Waals surface area contributed by atoms with Gasteiger partial charge in [-0.3, -0.25) is 0 Å². The molecule has 0 aliphatic heterocycles. The topological polar surface area (TPSA) is 0 Å². The summed E-state index contributed by atoms with van der Waals surface area (Å²) in [5.41, 5.74) is 1.14. The summed E-state index contributed by atoms with van der Waals surface area (Å²) < 4.78 is 0. The Morgan fingerprint density at radius 2 is 1.58 bits per heavy atom. The van der Waals surface area contributed by atoms with Crippen LogP contribution in [0, 0.1) is 0 Å². The van der Waals surface area contributed by atoms with E-state index in [1.54, 1.807) is 17.2 Å². The Hall–Kier alpha value is -0.690. The van der Waals surface area contributed by atoms with Crippen LogP contribution in [-0.4, -0.2) is 0 Å². The predicted molar refractivity (Wildman–Crippen MR) is 62.2 cm³/mol. The minimum atomic E-state index is 1.12. The third-order valence-corrected chi connectivity index (χ3v) is 2.00. The van der Waals surface area contributed by atoms with Crippen molar-refractivity contribution in [1.82, 2.24) is 0 Å². The Morgan fingerprint density at radius 1 is 1.08 bits per heavy atom. The molecule has 0 radical (unpaired) electrons. The van der Waals surface area contributed by atoms with Crippen LogP contribution in [0.5, 0.6) is 0 Å². The Balaban J connectivity index is 0. The second-order valence-corrected chi connectivity index (χ2v) is 2.75. The molecule has 0 nitrogen and oxygen atoms in total. The van der Waals surface area contributed by atoms with Gasteiger partial charge in [-0.15, -0.1) is 0 Å². The first-order valence-corrected chi connectivity index (χ1v) is 4.87. The van der Waals surface area contributed by atoms with Crippen LogP contribution in [0.25, 0.3) is 0 Å². The van der Waals surface area contributed by atoms with Crippen LogP contribution in [0.4, 0.5) is 0 Å². The highest BCUT2D eigenvalue weighted by Gasteiger charge is 1.91. The molecular weight excluding hydrogens is 164 g/mol. The second-order valence-electron chi connectivity index (χ2n) is 1.74. The van der Waals surface area contributed by atoms with Gasteiger partial charge in [0, 0.05) is 4.91 Å². The monoisotopic (exact) mass is 182 g/mol. The van der Waals surface area contributed by atoms with Gasteiger partial charge in [0.25, 0.3) is 0 Å². The summed E-state index contributed by atoms with van der Waals surface area (Å²) in [5, 5.41) is 1.78. The summed E-state index contributed by atoms with van der Waals surface area (Å²) in [6.45, 7) is 16.9. The van der Waals surface area contributed by atoms with Gasteiger partial charge in [0.2, 0.25) is 0 Å². The van der Waals surface area contributed by atoms with Gasteiger partial charge >= 0.3 is 0 Å². The average Bonchev–Trinajstić information content (AvgIpc) is 2.16. The van der Waals surface area contributed by atoms with E-state index in [1.807, 2.05) is 32.9 Å². The van der Waals surface area contributed by atoms with E-state index >= 15 is 0 Å². The largest absolute Gasteiger partial charge is 0.0988 e. The Kier molecular flexibility index (Phi) is 11.9. The zero-order chi connectivity index (χ0) is 9.98. The number of hydrogen-bond acceptors (Lipinski definition) is 1. The van der Waals surface area contributed by atoms with E-state index in [4.69, 9.17) is 0 Å². The zero-order valence-corrected chi connectivity index (χ0v) is 9.08. The molecule has 12 heavy (non-hydrogen) atoms. The lowest BCUT2D eigenvalue weighted by molar-refractivity contribution is 1.50. The van der Waals surface area contributed by atoms with Crippen LogP contribution in [0.3, 0.4) is 0 Å². The van der Waals surface area contributed by atoms with Crippen molar-refractivity contribution in [1.29, 1.82) is 0 Å². The number of thioether (sulfide) groups is 1. The first-order chi connectivity index (χ1) is 5.76. The lowest BCUT2D eigenvalue weighted by atomic mass is 10.3. The molecule has 0 aliphatic rings. The molecule has 68 valence electrons. The molecule has 1 heteroatoms. The smallest absolute Gasteiger partial charge is 0.0139 e. The molecule has 0 amide bonds. The van der Waals surface area contributed by atoms with E-state index in [0.717, 1.165) is 10.5 Å². The molecule has 0 aromatic heterocycles. The lowest BCUT2D eigenvalue weighted by Crippen LogP contribution is -1.72. The zero-order valence-electron chi connectivity index (χ0n) is 8.26. The van der Waals surface area contributed by atoms with Crippen LogP contribution in [0.2, 0.25) is 0 Å². The highest BCUT2D eigenvalue weighted by Crippen LogP contribution is 2.21. The number of rotatable bonds is 4. The summed E-state index contributed by atoms with van der Waals surface area (Å²) in [7, 11) is 0. The van der Waals surface area contributed by atoms with Gasteiger partial charge in [0.1, 0.15) is 0 Å². The Morgan fingerprint density at radius 3 is 1.83 bits per heavy atom. The van der Waals surface area contributed by atoms with Crippen LogP contribution in [0.1, 0.15) is 20.8 Å². The molecular formula is C11H18S. The molecule has 0 saturated carbocycles. The quantitative estimate of drug-likeness (QED) is 0.575. The third kappa shape index (κ3) is 6.05. The van der Waals surface area contributed by atoms with E-state index in [2.05, 4.69) is 19.7 Å². The van der Waals surface area contributed by atoms with E-state index < -0.39 is 0 Å². The van der Waals surface area contributed by atoms with Crippen molar-refractivity contribution in [3.63, 3.8) is 0 Å². The Bertz CT molecular complexity index is 175. The van der Waals surface area contributed by atoms with Crippen molar-refractivity contribution >= 4 is 11.8 Å². The minimum absolute atomic E-state index is 1.12. The molecule has 0 aromatic carbocycles. The van der Waals surface area contributed by atoms with Gasteiger partial charge in [-0.1, -0.05) is 57.5 Å². The molecule has 0 spiro atoms. The molecule has 0 fully saturated rings. The summed E-state index contributed by atoms with van der Waals surface area (Å²) in [6, 6.07) is 0. The molecule has 0 unspecified atom stereocenters. The van der Waals surface area contributed by atoms with Gasteiger partial charge in [-0.05, 0) is 17.9 Å². The minimum Gasteiger partial charge on any atom is -0.0988 e. The lowest BCUT2D eigenvalue weighted by Gasteiger charge is -1.98. The molecule has 0 aliphatic carbocycles. The fraction of sp³-hybridized carbons (Fsp3) is 0.273. The fourth-order valence-corrected chi connectivity index (χ4v) is 1.04. The SMILES string of the molecule is C=CS/C(C=C)=C(\C)C=C.CC. The van der Waals surface area contributed by atoms with Crippen molar-refractivity contribution in [2.75, 3.05) is 0 Å². The normalized spacial score (nSPS) is 10.2. The van der Waals surface area contributed by atoms with Gasteiger partial charge in [0.05, 0.1) is 0 Å². The third-order valence-electron chi connectivity index (χ3n) is 1.09. The van der Waals surface area contributed by atoms with Crippen molar-refractivity contribution in [3.05, 3.63) is 47.8 Å². The molecule has 0 rings (SSSR count). The fourth-order valence-electron chi connectivity index (χ4n) is 0.492. The van der Waals surface area contributed by atoms with E-state index in [-0.39, 0.29) is 0 Å². The summed E-state index contributed by atoms with van der Waals surface area (Å²) in [6.07, 6.45) is 3.62. The summed E-state index contributed by atoms with van der Waals surface area (Å²) >= 11 is 1.56. The summed E-state index contributed by atoms with van der Waals surface area (Å²) in [5.74, 6) is 0. The molecule has 0 bridgehead atoms. The van der Waals surface area contributed by atoms with Crippen molar-refractivity contribution < 1.29 is 0 Å². The highest BCUT2D eigenvalue weighted by atomic mass is 32.2. The van der Waals surface area contributed by atoms with E-state index in [0.29, 0.717) is 0 Å².